The molecule has 3 rings (SSSR count). The van der Waals surface area contributed by atoms with Crippen molar-refractivity contribution in [2.45, 2.75) is 38.6 Å². The maximum absolute atomic E-state index is 14.1. The Kier molecular flexibility index (Phi) is 8.62. The van der Waals surface area contributed by atoms with Crippen molar-refractivity contribution in [3.8, 4) is 0 Å². The number of rotatable bonds is 6. The number of guanidine groups is 1. The van der Waals surface area contributed by atoms with Crippen LogP contribution in [0.15, 0.2) is 23.2 Å². The molecule has 1 unspecified atom stereocenters. The van der Waals surface area contributed by atoms with Crippen molar-refractivity contribution in [1.82, 2.24) is 25.4 Å². The largest absolute Gasteiger partial charge is 0.377 e. The Bertz CT molecular complexity index is 840. The summed E-state index contributed by atoms with van der Waals surface area (Å²) in [6, 6.07) is 5.45. The predicted molar refractivity (Wildman–Crippen MR) is 122 cm³/mol. The van der Waals surface area contributed by atoms with Crippen LogP contribution in [0.5, 0.6) is 0 Å². The molecule has 2 aromatic rings. The first-order valence-electron chi connectivity index (χ1n) is 9.34. The van der Waals surface area contributed by atoms with Crippen LogP contribution >= 0.6 is 24.0 Å². The number of ether oxygens (including phenoxy) is 1. The molecule has 1 aliphatic heterocycles. The fraction of sp³-hybridized carbons (Fsp3) is 0.526. The van der Waals surface area contributed by atoms with Crippen molar-refractivity contribution >= 4 is 35.6 Å². The molecule has 0 bridgehead atoms. The second kappa shape index (κ2) is 10.7. The number of nitrogens with zero attached hydrogens (tertiary/aromatic N) is 5. The van der Waals surface area contributed by atoms with Crippen LogP contribution in [0.3, 0.4) is 0 Å². The summed E-state index contributed by atoms with van der Waals surface area (Å²) in [5.74, 6) is 2.15. The van der Waals surface area contributed by atoms with Gasteiger partial charge in [-0.2, -0.15) is 5.10 Å². The first kappa shape index (κ1) is 23.3. The SMILES string of the molecule is CN=C(NCc1ccc(N(C)C)c(F)c1)NC1CCc2nc(COC)nn2C1.I. The molecule has 29 heavy (non-hydrogen) atoms. The molecule has 2 heterocycles. The van der Waals surface area contributed by atoms with E-state index in [0.717, 1.165) is 30.8 Å². The minimum absolute atomic E-state index is 0. The number of hydrogen-bond acceptors (Lipinski definition) is 5. The topological polar surface area (TPSA) is 79.6 Å². The van der Waals surface area contributed by atoms with Crippen LogP contribution < -0.4 is 15.5 Å². The maximum atomic E-state index is 14.1. The third-order valence-electron chi connectivity index (χ3n) is 4.69. The summed E-state index contributed by atoms with van der Waals surface area (Å²) in [4.78, 5) is 10.5. The number of halogens is 2. The molecule has 2 N–H and O–H groups in total. The Morgan fingerprint density at radius 1 is 1.41 bits per heavy atom. The van der Waals surface area contributed by atoms with Crippen LogP contribution in [0, 0.1) is 5.82 Å². The van der Waals surface area contributed by atoms with Gasteiger partial charge in [-0.3, -0.25) is 4.99 Å². The number of aryl methyl sites for hydroxylation is 1. The van der Waals surface area contributed by atoms with Gasteiger partial charge in [0.25, 0.3) is 0 Å². The van der Waals surface area contributed by atoms with Crippen molar-refractivity contribution < 1.29 is 9.13 Å². The Balaban J connectivity index is 0.00000300. The molecule has 1 atom stereocenters. The summed E-state index contributed by atoms with van der Waals surface area (Å²) in [6.07, 6.45) is 1.79. The number of anilines is 1. The highest BCUT2D eigenvalue weighted by Gasteiger charge is 2.22. The van der Waals surface area contributed by atoms with Gasteiger partial charge < -0.3 is 20.3 Å². The molecule has 0 fully saturated rings. The monoisotopic (exact) mass is 517 g/mol. The zero-order valence-corrected chi connectivity index (χ0v) is 19.6. The van der Waals surface area contributed by atoms with Gasteiger partial charge in [-0.15, -0.1) is 24.0 Å². The van der Waals surface area contributed by atoms with Crippen molar-refractivity contribution in [3.05, 3.63) is 41.2 Å². The quantitative estimate of drug-likeness (QED) is 0.347. The van der Waals surface area contributed by atoms with E-state index < -0.39 is 0 Å². The molecule has 10 heteroatoms. The normalized spacial score (nSPS) is 16.0. The number of fused-ring (bicyclic) bond motifs is 1. The molecule has 1 aliphatic rings. The lowest BCUT2D eigenvalue weighted by Gasteiger charge is -2.25. The van der Waals surface area contributed by atoms with Gasteiger partial charge in [-0.05, 0) is 24.1 Å². The molecule has 0 spiro atoms. The van der Waals surface area contributed by atoms with E-state index in [2.05, 4.69) is 25.7 Å². The lowest BCUT2D eigenvalue weighted by atomic mass is 10.1. The highest BCUT2D eigenvalue weighted by molar-refractivity contribution is 14.0. The van der Waals surface area contributed by atoms with Crippen LogP contribution in [0.4, 0.5) is 10.1 Å². The molecule has 160 valence electrons. The molecule has 1 aromatic carbocycles. The van der Waals surface area contributed by atoms with Gasteiger partial charge in [0, 0.05) is 47.3 Å². The Labute approximate surface area is 188 Å². The Morgan fingerprint density at radius 2 is 2.21 bits per heavy atom. The molecule has 8 nitrogen and oxygen atoms in total. The van der Waals surface area contributed by atoms with Gasteiger partial charge in [0.05, 0.1) is 12.2 Å². The summed E-state index contributed by atoms with van der Waals surface area (Å²) >= 11 is 0. The van der Waals surface area contributed by atoms with E-state index in [1.54, 1.807) is 31.2 Å². The van der Waals surface area contributed by atoms with E-state index >= 15 is 0 Å². The second-order valence-corrected chi connectivity index (χ2v) is 7.05. The summed E-state index contributed by atoms with van der Waals surface area (Å²) in [6.45, 7) is 1.63. The van der Waals surface area contributed by atoms with E-state index in [0.29, 0.717) is 30.6 Å². The minimum Gasteiger partial charge on any atom is -0.377 e. The van der Waals surface area contributed by atoms with Crippen LogP contribution in [0.25, 0.3) is 0 Å². The standard InChI is InChI=1S/C19H28FN7O.HI/c1-21-19(22-10-13-5-7-16(26(2)3)15(20)9-13)23-14-6-8-18-24-17(12-28-4)25-27(18)11-14;/h5,7,9,14H,6,8,10-12H2,1-4H3,(H2,21,22,23);1H. The van der Waals surface area contributed by atoms with Crippen LogP contribution in [-0.4, -0.2) is 55.0 Å². The van der Waals surface area contributed by atoms with E-state index in [1.807, 2.05) is 24.8 Å². The zero-order chi connectivity index (χ0) is 20.1. The molecular weight excluding hydrogens is 488 g/mol. The molecule has 0 saturated carbocycles. The number of aliphatic imine (C=N–C) groups is 1. The van der Waals surface area contributed by atoms with Gasteiger partial charge in [0.15, 0.2) is 11.8 Å². The number of aromatic nitrogens is 3. The average Bonchev–Trinajstić information content (AvgIpc) is 3.06. The van der Waals surface area contributed by atoms with Crippen molar-refractivity contribution in [3.63, 3.8) is 0 Å². The molecular formula is C19H29FIN7O. The van der Waals surface area contributed by atoms with Gasteiger partial charge in [0.1, 0.15) is 18.2 Å². The lowest BCUT2D eigenvalue weighted by Crippen LogP contribution is -2.46. The van der Waals surface area contributed by atoms with Crippen molar-refractivity contribution in [2.24, 2.45) is 4.99 Å². The molecule has 0 aliphatic carbocycles. The number of nitrogens with one attached hydrogen (secondary N) is 2. The van der Waals surface area contributed by atoms with E-state index in [-0.39, 0.29) is 35.8 Å². The number of methoxy groups -OCH3 is 1. The first-order valence-corrected chi connectivity index (χ1v) is 9.34. The van der Waals surface area contributed by atoms with E-state index in [4.69, 9.17) is 4.74 Å². The highest BCUT2D eigenvalue weighted by Crippen LogP contribution is 2.18. The smallest absolute Gasteiger partial charge is 0.191 e. The second-order valence-electron chi connectivity index (χ2n) is 7.05. The third kappa shape index (κ3) is 6.01. The van der Waals surface area contributed by atoms with Crippen molar-refractivity contribution in [2.75, 3.05) is 33.2 Å². The average molecular weight is 517 g/mol. The lowest BCUT2D eigenvalue weighted by molar-refractivity contribution is 0.177. The number of hydrogen-bond donors (Lipinski definition) is 2. The summed E-state index contributed by atoms with van der Waals surface area (Å²) in [5, 5.41) is 11.2. The molecule has 0 radical (unpaired) electrons. The molecule has 0 saturated heterocycles. The van der Waals surface area contributed by atoms with Gasteiger partial charge in [-0.25, -0.2) is 14.1 Å². The predicted octanol–water partition coefficient (Wildman–Crippen LogP) is 1.93. The molecule has 1 aromatic heterocycles. The van der Waals surface area contributed by atoms with Gasteiger partial charge in [-0.1, -0.05) is 6.07 Å². The molecule has 0 amide bonds. The van der Waals surface area contributed by atoms with Crippen LogP contribution in [0.2, 0.25) is 0 Å². The van der Waals surface area contributed by atoms with E-state index in [9.17, 15) is 4.39 Å². The fourth-order valence-electron chi connectivity index (χ4n) is 3.27. The maximum Gasteiger partial charge on any atom is 0.191 e. The van der Waals surface area contributed by atoms with Crippen LogP contribution in [-0.2, 0) is 30.9 Å². The Morgan fingerprint density at radius 3 is 2.86 bits per heavy atom. The van der Waals surface area contributed by atoms with Crippen LogP contribution in [0.1, 0.15) is 23.6 Å². The summed E-state index contributed by atoms with van der Waals surface area (Å²) < 4.78 is 21.2. The highest BCUT2D eigenvalue weighted by atomic mass is 127. The first-order chi connectivity index (χ1) is 13.5. The van der Waals surface area contributed by atoms with Gasteiger partial charge in [0.2, 0.25) is 0 Å². The Hall–Kier alpha value is -1.95. The fourth-order valence-corrected chi connectivity index (χ4v) is 3.27. The van der Waals surface area contributed by atoms with Crippen molar-refractivity contribution in [1.29, 1.82) is 0 Å². The zero-order valence-electron chi connectivity index (χ0n) is 17.3. The summed E-state index contributed by atoms with van der Waals surface area (Å²) in [5.41, 5.74) is 1.43. The van der Waals surface area contributed by atoms with Gasteiger partial charge >= 0.3 is 0 Å². The van der Waals surface area contributed by atoms with E-state index in [1.165, 1.54) is 0 Å². The summed E-state index contributed by atoms with van der Waals surface area (Å²) in [7, 11) is 7.02. The minimum atomic E-state index is -0.231. The third-order valence-corrected chi connectivity index (χ3v) is 4.69. The number of benzene rings is 1.